The molecule has 2 rings (SSSR count). The molecule has 0 fully saturated rings. The maximum absolute atomic E-state index is 13.4. The number of carbonyl (C=O) groups excluding carboxylic acids is 1. The number of hydrogen-bond acceptors (Lipinski definition) is 3. The Hall–Kier alpha value is -2.56. The molecule has 0 saturated heterocycles. The zero-order valence-corrected chi connectivity index (χ0v) is 11.5. The molecule has 0 radical (unpaired) electrons. The van der Waals surface area contributed by atoms with Crippen LogP contribution in [-0.2, 0) is 11.3 Å². The molecule has 0 heterocycles. The third kappa shape index (κ3) is 4.21. The zero-order chi connectivity index (χ0) is 15.2. The van der Waals surface area contributed by atoms with Crippen LogP contribution in [0.3, 0.4) is 0 Å². The zero-order valence-electron chi connectivity index (χ0n) is 11.5. The topological polar surface area (TPSA) is 58.6 Å². The van der Waals surface area contributed by atoms with Gasteiger partial charge in [0, 0.05) is 12.1 Å². The normalized spacial score (nSPS) is 11.7. The van der Waals surface area contributed by atoms with E-state index in [0.717, 1.165) is 0 Å². The van der Waals surface area contributed by atoms with Crippen LogP contribution in [0.1, 0.15) is 12.5 Å². The van der Waals surface area contributed by atoms with Gasteiger partial charge in [0.25, 0.3) is 5.91 Å². The Bertz CT molecular complexity index is 613. The largest absolute Gasteiger partial charge is 0.508 e. The number of phenols is 1. The number of ether oxygens (including phenoxy) is 1. The molecule has 2 N–H and O–H groups in total. The van der Waals surface area contributed by atoms with E-state index in [-0.39, 0.29) is 24.0 Å². The van der Waals surface area contributed by atoms with Crippen molar-refractivity contribution in [2.24, 2.45) is 0 Å². The maximum atomic E-state index is 13.4. The van der Waals surface area contributed by atoms with Crippen LogP contribution in [-0.4, -0.2) is 17.1 Å². The van der Waals surface area contributed by atoms with E-state index in [1.54, 1.807) is 37.3 Å². The van der Waals surface area contributed by atoms with Gasteiger partial charge in [0.15, 0.2) is 6.10 Å². The molecular weight excluding hydrogens is 273 g/mol. The Balaban J connectivity index is 1.88. The van der Waals surface area contributed by atoms with Gasteiger partial charge >= 0.3 is 0 Å². The van der Waals surface area contributed by atoms with Crippen LogP contribution in [0, 0.1) is 5.82 Å². The van der Waals surface area contributed by atoms with Crippen molar-refractivity contribution in [3.63, 3.8) is 0 Å². The number of phenolic OH excluding ortho intramolecular Hbond substituents is 1. The number of benzene rings is 2. The predicted molar refractivity (Wildman–Crippen MR) is 76.4 cm³/mol. The third-order valence-corrected chi connectivity index (χ3v) is 2.93. The molecule has 1 amide bonds. The highest BCUT2D eigenvalue weighted by molar-refractivity contribution is 5.80. The van der Waals surface area contributed by atoms with Gasteiger partial charge in [0.1, 0.15) is 17.3 Å². The number of carbonyl (C=O) groups is 1. The van der Waals surface area contributed by atoms with Crippen molar-refractivity contribution in [2.75, 3.05) is 0 Å². The summed E-state index contributed by atoms with van der Waals surface area (Å²) in [6.07, 6.45) is -0.721. The molecule has 0 saturated carbocycles. The molecule has 0 unspecified atom stereocenters. The number of rotatable bonds is 5. The van der Waals surface area contributed by atoms with Crippen LogP contribution in [0.2, 0.25) is 0 Å². The van der Waals surface area contributed by atoms with E-state index in [9.17, 15) is 9.18 Å². The Morgan fingerprint density at radius 2 is 1.90 bits per heavy atom. The lowest BCUT2D eigenvalue weighted by Gasteiger charge is -2.15. The number of nitrogens with one attached hydrogen (secondary N) is 1. The molecule has 0 aromatic heterocycles. The van der Waals surface area contributed by atoms with Crippen LogP contribution in [0.5, 0.6) is 11.5 Å². The number of aromatic hydroxyl groups is 1. The molecule has 2 aromatic carbocycles. The molecule has 1 atom stereocenters. The minimum atomic E-state index is -0.721. The van der Waals surface area contributed by atoms with Gasteiger partial charge in [-0.1, -0.05) is 18.2 Å². The molecule has 110 valence electrons. The predicted octanol–water partition coefficient (Wildman–Crippen LogP) is 2.62. The molecule has 4 nitrogen and oxygen atoms in total. The van der Waals surface area contributed by atoms with Gasteiger partial charge in [-0.15, -0.1) is 0 Å². The van der Waals surface area contributed by atoms with E-state index in [2.05, 4.69) is 5.32 Å². The highest BCUT2D eigenvalue weighted by Crippen LogP contribution is 2.17. The summed E-state index contributed by atoms with van der Waals surface area (Å²) in [5.74, 6) is -0.100. The molecule has 0 bridgehead atoms. The van der Waals surface area contributed by atoms with Crippen molar-refractivity contribution >= 4 is 5.91 Å². The second-order valence-electron chi connectivity index (χ2n) is 4.56. The molecular formula is C16H16FNO3. The van der Waals surface area contributed by atoms with E-state index >= 15 is 0 Å². The summed E-state index contributed by atoms with van der Waals surface area (Å²) in [6.45, 7) is 1.71. The van der Waals surface area contributed by atoms with Crippen LogP contribution >= 0.6 is 0 Å². The molecule has 0 aliphatic heterocycles. The minimum absolute atomic E-state index is 0.106. The molecule has 5 heteroatoms. The summed E-state index contributed by atoms with van der Waals surface area (Å²) in [5.41, 5.74) is 0.419. The van der Waals surface area contributed by atoms with Crippen LogP contribution in [0.15, 0.2) is 48.5 Å². The summed E-state index contributed by atoms with van der Waals surface area (Å²) in [5, 5.41) is 11.8. The molecule has 0 spiro atoms. The van der Waals surface area contributed by atoms with Gasteiger partial charge in [-0.2, -0.15) is 0 Å². The van der Waals surface area contributed by atoms with Crippen molar-refractivity contribution in [1.29, 1.82) is 0 Å². The monoisotopic (exact) mass is 289 g/mol. The van der Waals surface area contributed by atoms with Crippen molar-refractivity contribution in [2.45, 2.75) is 19.6 Å². The fraction of sp³-hybridized carbons (Fsp3) is 0.188. The highest BCUT2D eigenvalue weighted by atomic mass is 19.1. The average molecular weight is 289 g/mol. The fourth-order valence-corrected chi connectivity index (χ4v) is 1.75. The Labute approximate surface area is 122 Å². The van der Waals surface area contributed by atoms with Crippen molar-refractivity contribution in [1.82, 2.24) is 5.32 Å². The summed E-state index contributed by atoms with van der Waals surface area (Å²) in [7, 11) is 0. The molecule has 2 aromatic rings. The van der Waals surface area contributed by atoms with Gasteiger partial charge in [-0.3, -0.25) is 4.79 Å². The maximum Gasteiger partial charge on any atom is 0.261 e. The quantitative estimate of drug-likeness (QED) is 0.889. The lowest BCUT2D eigenvalue weighted by Crippen LogP contribution is -2.36. The Morgan fingerprint density at radius 1 is 1.24 bits per heavy atom. The standard InChI is InChI=1S/C16H16FNO3/c1-11(21-14-8-6-13(19)7-9-14)16(20)18-10-12-4-2-3-5-15(12)17/h2-9,11,19H,10H2,1H3,(H,18,20)/t11-/m1/s1. The number of amides is 1. The second kappa shape index (κ2) is 6.74. The molecule has 0 aliphatic rings. The summed E-state index contributed by atoms with van der Waals surface area (Å²) in [4.78, 5) is 11.9. The van der Waals surface area contributed by atoms with Crippen molar-refractivity contribution in [3.05, 3.63) is 59.9 Å². The summed E-state index contributed by atoms with van der Waals surface area (Å²) < 4.78 is 18.9. The fourth-order valence-electron chi connectivity index (χ4n) is 1.75. The molecule has 0 aliphatic carbocycles. The Kier molecular flexibility index (Phi) is 4.77. The summed E-state index contributed by atoms with van der Waals surface area (Å²) in [6, 6.07) is 12.3. The third-order valence-electron chi connectivity index (χ3n) is 2.93. The van der Waals surface area contributed by atoms with Gasteiger partial charge in [0.05, 0.1) is 0 Å². The van der Waals surface area contributed by atoms with Crippen LogP contribution < -0.4 is 10.1 Å². The number of hydrogen-bond donors (Lipinski definition) is 2. The first-order chi connectivity index (χ1) is 10.1. The molecule has 21 heavy (non-hydrogen) atoms. The van der Waals surface area contributed by atoms with Crippen molar-refractivity contribution < 1.29 is 19.0 Å². The van der Waals surface area contributed by atoms with Gasteiger partial charge in [-0.05, 0) is 37.3 Å². The van der Waals surface area contributed by atoms with E-state index in [1.807, 2.05) is 0 Å². The van der Waals surface area contributed by atoms with Crippen LogP contribution in [0.4, 0.5) is 4.39 Å². The Morgan fingerprint density at radius 3 is 2.57 bits per heavy atom. The lowest BCUT2D eigenvalue weighted by atomic mass is 10.2. The van der Waals surface area contributed by atoms with Gasteiger partial charge in [-0.25, -0.2) is 4.39 Å². The average Bonchev–Trinajstić information content (AvgIpc) is 2.48. The second-order valence-corrected chi connectivity index (χ2v) is 4.56. The van der Waals surface area contributed by atoms with Gasteiger partial charge < -0.3 is 15.2 Å². The first-order valence-corrected chi connectivity index (χ1v) is 6.53. The number of halogens is 1. The smallest absolute Gasteiger partial charge is 0.261 e. The summed E-state index contributed by atoms with van der Waals surface area (Å²) >= 11 is 0. The van der Waals surface area contributed by atoms with E-state index in [0.29, 0.717) is 11.3 Å². The van der Waals surface area contributed by atoms with E-state index in [4.69, 9.17) is 9.84 Å². The first kappa shape index (κ1) is 14.8. The van der Waals surface area contributed by atoms with Crippen LogP contribution in [0.25, 0.3) is 0 Å². The van der Waals surface area contributed by atoms with Gasteiger partial charge in [0.2, 0.25) is 0 Å². The SMILES string of the molecule is C[C@@H](Oc1ccc(O)cc1)C(=O)NCc1ccccc1F. The van der Waals surface area contributed by atoms with E-state index in [1.165, 1.54) is 18.2 Å². The highest BCUT2D eigenvalue weighted by Gasteiger charge is 2.14. The minimum Gasteiger partial charge on any atom is -0.508 e. The van der Waals surface area contributed by atoms with Crippen molar-refractivity contribution in [3.8, 4) is 11.5 Å². The van der Waals surface area contributed by atoms with E-state index < -0.39 is 6.10 Å². The first-order valence-electron chi connectivity index (χ1n) is 6.53. The lowest BCUT2D eigenvalue weighted by molar-refractivity contribution is -0.127.